The molecule has 18 heavy (non-hydrogen) atoms. The zero-order valence-electron chi connectivity index (χ0n) is 9.64. The number of carbonyl (C=O) groups is 2. The van der Waals surface area contributed by atoms with Crippen molar-refractivity contribution in [3.63, 3.8) is 0 Å². The number of nitrogen functional groups attached to an aromatic ring is 1. The van der Waals surface area contributed by atoms with Gasteiger partial charge in [-0.2, -0.15) is 0 Å². The molecule has 1 saturated heterocycles. The standard InChI is InChI=1S/C11H14N4O3/c12-7-2-3-8(11(17)18)15-10(7)14-6-1-4-9(16)13-5-6/h2-3,6H,1,4-5,12H2,(H,13,16)(H,14,15)(H,17,18). The number of carboxylic acids is 1. The van der Waals surface area contributed by atoms with Crippen LogP contribution in [0.2, 0.25) is 0 Å². The van der Waals surface area contributed by atoms with Crippen molar-refractivity contribution in [2.45, 2.75) is 18.9 Å². The van der Waals surface area contributed by atoms with Crippen LogP contribution in [0.1, 0.15) is 23.3 Å². The summed E-state index contributed by atoms with van der Waals surface area (Å²) in [6.07, 6.45) is 1.11. The summed E-state index contributed by atoms with van der Waals surface area (Å²) < 4.78 is 0. The van der Waals surface area contributed by atoms with Crippen LogP contribution in [-0.2, 0) is 4.79 Å². The number of nitrogens with zero attached hydrogens (tertiary/aromatic N) is 1. The van der Waals surface area contributed by atoms with E-state index >= 15 is 0 Å². The number of amides is 1. The first-order valence-corrected chi connectivity index (χ1v) is 5.59. The Kier molecular flexibility index (Phi) is 3.31. The van der Waals surface area contributed by atoms with Crippen LogP contribution in [0.5, 0.6) is 0 Å². The first kappa shape index (κ1) is 12.2. The van der Waals surface area contributed by atoms with Gasteiger partial charge in [0.1, 0.15) is 5.82 Å². The maximum absolute atomic E-state index is 11.0. The van der Waals surface area contributed by atoms with Crippen molar-refractivity contribution in [2.75, 3.05) is 17.6 Å². The third-order valence-corrected chi connectivity index (χ3v) is 2.75. The van der Waals surface area contributed by atoms with E-state index in [1.165, 1.54) is 12.1 Å². The van der Waals surface area contributed by atoms with Gasteiger partial charge in [-0.05, 0) is 18.6 Å². The minimum absolute atomic E-state index is 0.0153. The largest absolute Gasteiger partial charge is 0.477 e. The molecule has 1 aliphatic heterocycles. The summed E-state index contributed by atoms with van der Waals surface area (Å²) in [5.41, 5.74) is 6.05. The van der Waals surface area contributed by atoms with Crippen molar-refractivity contribution in [2.24, 2.45) is 0 Å². The van der Waals surface area contributed by atoms with Gasteiger partial charge >= 0.3 is 5.97 Å². The Morgan fingerprint density at radius 1 is 1.56 bits per heavy atom. The van der Waals surface area contributed by atoms with Gasteiger partial charge in [0.15, 0.2) is 5.69 Å². The Labute approximate surface area is 103 Å². The number of rotatable bonds is 3. The third kappa shape index (κ3) is 2.68. The maximum Gasteiger partial charge on any atom is 0.354 e. The van der Waals surface area contributed by atoms with Gasteiger partial charge in [-0.25, -0.2) is 9.78 Å². The summed E-state index contributed by atoms with van der Waals surface area (Å²) in [4.78, 5) is 25.8. The van der Waals surface area contributed by atoms with Crippen LogP contribution in [0.15, 0.2) is 12.1 Å². The molecule has 0 spiro atoms. The fraction of sp³-hybridized carbons (Fsp3) is 0.364. The number of carboxylic acid groups (broad SMARTS) is 1. The number of nitrogens with one attached hydrogen (secondary N) is 2. The normalized spacial score (nSPS) is 19.1. The molecule has 7 nitrogen and oxygen atoms in total. The number of nitrogens with two attached hydrogens (primary N) is 1. The van der Waals surface area contributed by atoms with E-state index in [9.17, 15) is 9.59 Å². The number of aromatic nitrogens is 1. The first-order chi connectivity index (χ1) is 8.56. The molecule has 96 valence electrons. The van der Waals surface area contributed by atoms with E-state index < -0.39 is 5.97 Å². The van der Waals surface area contributed by atoms with Crippen molar-refractivity contribution in [3.05, 3.63) is 17.8 Å². The highest BCUT2D eigenvalue weighted by Crippen LogP contribution is 2.18. The van der Waals surface area contributed by atoms with E-state index in [4.69, 9.17) is 10.8 Å². The third-order valence-electron chi connectivity index (χ3n) is 2.75. The summed E-state index contributed by atoms with van der Waals surface area (Å²) in [5, 5.41) is 14.6. The summed E-state index contributed by atoms with van der Waals surface area (Å²) in [6.45, 7) is 0.483. The molecule has 1 fully saturated rings. The zero-order valence-corrected chi connectivity index (χ0v) is 9.64. The molecule has 1 aromatic rings. The van der Waals surface area contributed by atoms with Crippen LogP contribution >= 0.6 is 0 Å². The van der Waals surface area contributed by atoms with Crippen molar-refractivity contribution < 1.29 is 14.7 Å². The maximum atomic E-state index is 11.0. The second-order valence-corrected chi connectivity index (χ2v) is 4.12. The molecule has 1 unspecified atom stereocenters. The molecule has 2 heterocycles. The molecule has 7 heteroatoms. The van der Waals surface area contributed by atoms with Gasteiger partial charge in [0.2, 0.25) is 5.91 Å². The van der Waals surface area contributed by atoms with Crippen LogP contribution in [0, 0.1) is 0 Å². The highest BCUT2D eigenvalue weighted by Gasteiger charge is 2.19. The zero-order chi connectivity index (χ0) is 13.1. The lowest BCUT2D eigenvalue weighted by molar-refractivity contribution is -0.122. The molecule has 1 aromatic heterocycles. The Morgan fingerprint density at radius 3 is 2.94 bits per heavy atom. The Morgan fingerprint density at radius 2 is 2.33 bits per heavy atom. The Bertz CT molecular complexity index is 479. The highest BCUT2D eigenvalue weighted by atomic mass is 16.4. The molecule has 1 atom stereocenters. The van der Waals surface area contributed by atoms with E-state index in [2.05, 4.69) is 15.6 Å². The highest BCUT2D eigenvalue weighted by molar-refractivity contribution is 5.86. The second kappa shape index (κ2) is 4.91. The van der Waals surface area contributed by atoms with E-state index in [0.29, 0.717) is 30.9 Å². The second-order valence-electron chi connectivity index (χ2n) is 4.12. The smallest absolute Gasteiger partial charge is 0.354 e. The van der Waals surface area contributed by atoms with E-state index in [-0.39, 0.29) is 17.6 Å². The van der Waals surface area contributed by atoms with Gasteiger partial charge < -0.3 is 21.5 Å². The van der Waals surface area contributed by atoms with E-state index in [0.717, 1.165) is 0 Å². The van der Waals surface area contributed by atoms with Crippen molar-refractivity contribution >= 4 is 23.4 Å². The molecule has 0 bridgehead atoms. The average molecular weight is 250 g/mol. The molecular formula is C11H14N4O3. The number of carbonyl (C=O) groups excluding carboxylic acids is 1. The van der Waals surface area contributed by atoms with E-state index in [1.807, 2.05) is 0 Å². The molecule has 0 aromatic carbocycles. The summed E-state index contributed by atoms with van der Waals surface area (Å²) in [5.74, 6) is -0.737. The topological polar surface area (TPSA) is 117 Å². The number of hydrogen-bond donors (Lipinski definition) is 4. The number of aromatic carboxylic acids is 1. The lowest BCUT2D eigenvalue weighted by Crippen LogP contribution is -2.42. The van der Waals surface area contributed by atoms with Crippen molar-refractivity contribution in [3.8, 4) is 0 Å². The summed E-state index contributed by atoms with van der Waals surface area (Å²) in [7, 11) is 0. The minimum Gasteiger partial charge on any atom is -0.477 e. The fourth-order valence-corrected chi connectivity index (χ4v) is 1.75. The summed E-state index contributed by atoms with van der Waals surface area (Å²) >= 11 is 0. The molecule has 0 radical (unpaired) electrons. The molecule has 1 amide bonds. The van der Waals surface area contributed by atoms with Gasteiger partial charge in [-0.15, -0.1) is 0 Å². The van der Waals surface area contributed by atoms with Crippen LogP contribution < -0.4 is 16.4 Å². The Balaban J connectivity index is 2.10. The average Bonchev–Trinajstić information content (AvgIpc) is 2.34. The van der Waals surface area contributed by atoms with Gasteiger partial charge in [-0.1, -0.05) is 0 Å². The van der Waals surface area contributed by atoms with Crippen LogP contribution in [0.3, 0.4) is 0 Å². The van der Waals surface area contributed by atoms with Gasteiger partial charge in [0, 0.05) is 19.0 Å². The first-order valence-electron chi connectivity index (χ1n) is 5.59. The number of pyridine rings is 1. The predicted octanol–water partition coefficient (Wildman–Crippen LogP) is 0.0525. The molecular weight excluding hydrogens is 236 g/mol. The Hall–Kier alpha value is -2.31. The summed E-state index contributed by atoms with van der Waals surface area (Å²) in [6, 6.07) is 2.87. The molecule has 1 aliphatic rings. The molecule has 2 rings (SSSR count). The monoisotopic (exact) mass is 250 g/mol. The molecule has 0 aliphatic carbocycles. The van der Waals surface area contributed by atoms with Gasteiger partial charge in [0.05, 0.1) is 5.69 Å². The fourth-order valence-electron chi connectivity index (χ4n) is 1.75. The van der Waals surface area contributed by atoms with Crippen molar-refractivity contribution in [1.82, 2.24) is 10.3 Å². The number of hydrogen-bond acceptors (Lipinski definition) is 5. The SMILES string of the molecule is Nc1ccc(C(=O)O)nc1NC1CCC(=O)NC1. The van der Waals surface area contributed by atoms with E-state index in [1.54, 1.807) is 0 Å². The molecule has 5 N–H and O–H groups in total. The van der Waals surface area contributed by atoms with Crippen LogP contribution in [0.4, 0.5) is 11.5 Å². The quantitative estimate of drug-likeness (QED) is 0.602. The lowest BCUT2D eigenvalue weighted by atomic mass is 10.1. The van der Waals surface area contributed by atoms with Crippen molar-refractivity contribution in [1.29, 1.82) is 0 Å². The number of piperidine rings is 1. The van der Waals surface area contributed by atoms with Crippen LogP contribution in [-0.4, -0.2) is 34.6 Å². The van der Waals surface area contributed by atoms with Crippen LogP contribution in [0.25, 0.3) is 0 Å². The van der Waals surface area contributed by atoms with Gasteiger partial charge in [-0.3, -0.25) is 4.79 Å². The lowest BCUT2D eigenvalue weighted by Gasteiger charge is -2.24. The molecule has 0 saturated carbocycles. The minimum atomic E-state index is -1.10. The number of anilines is 2. The predicted molar refractivity (Wildman–Crippen MR) is 65.3 cm³/mol. The van der Waals surface area contributed by atoms with Gasteiger partial charge in [0.25, 0.3) is 0 Å².